The van der Waals surface area contributed by atoms with Crippen LogP contribution < -0.4 is 10.1 Å². The molecule has 1 saturated carbocycles. The summed E-state index contributed by atoms with van der Waals surface area (Å²) in [6, 6.07) is 5.02. The van der Waals surface area contributed by atoms with Gasteiger partial charge in [-0.05, 0) is 56.3 Å². The second kappa shape index (κ2) is 8.80. The van der Waals surface area contributed by atoms with E-state index in [1.54, 1.807) is 6.07 Å². The Balaban J connectivity index is 1.74. The molecule has 2 fully saturated rings. The number of methoxy groups -OCH3 is 1. The van der Waals surface area contributed by atoms with Crippen LogP contribution in [0.5, 0.6) is 5.75 Å². The Morgan fingerprint density at radius 2 is 1.93 bits per heavy atom. The van der Waals surface area contributed by atoms with Crippen LogP contribution in [-0.2, 0) is 14.8 Å². The fourth-order valence-electron chi connectivity index (χ4n) is 4.45. The smallest absolute Gasteiger partial charge is 0.242 e. The molecule has 7 nitrogen and oxygen atoms in total. The summed E-state index contributed by atoms with van der Waals surface area (Å²) in [7, 11) is 0.877. The predicted octanol–water partition coefficient (Wildman–Crippen LogP) is 2.54. The Hall–Kier alpha value is -1.64. The first kappa shape index (κ1) is 21.1. The highest BCUT2D eigenvalue weighted by molar-refractivity contribution is 7.89. The molecule has 1 aliphatic carbocycles. The van der Waals surface area contributed by atoms with E-state index in [1.165, 1.54) is 59.0 Å². The molecule has 28 heavy (non-hydrogen) atoms. The van der Waals surface area contributed by atoms with E-state index in [-0.39, 0.29) is 10.8 Å². The Kier molecular flexibility index (Phi) is 6.62. The number of nitrogens with zero attached hydrogens (tertiary/aromatic N) is 2. The monoisotopic (exact) mass is 409 g/mol. The first-order valence-corrected chi connectivity index (χ1v) is 11.4. The number of anilines is 1. The number of nitrogens with one attached hydrogen (secondary N) is 1. The van der Waals surface area contributed by atoms with Gasteiger partial charge in [0.1, 0.15) is 5.75 Å². The highest BCUT2D eigenvalue weighted by Gasteiger charge is 2.34. The zero-order chi connectivity index (χ0) is 20.3. The Bertz CT molecular complexity index is 808. The molecule has 156 valence electrons. The van der Waals surface area contributed by atoms with Crippen LogP contribution in [0.2, 0.25) is 0 Å². The number of sulfonamides is 1. The fourth-order valence-corrected chi connectivity index (χ4v) is 5.38. The number of likely N-dealkylation sites (tertiary alicyclic amines) is 1. The molecule has 8 heteroatoms. The van der Waals surface area contributed by atoms with Gasteiger partial charge in [0.25, 0.3) is 0 Å². The SMILES string of the molecule is COc1ccc(S(=O)(=O)N(C)C)cc1NC(=O)CN1CCC[C@@H]2CCCC[C@@H]21. The molecule has 0 aromatic heterocycles. The topological polar surface area (TPSA) is 79.0 Å². The van der Waals surface area contributed by atoms with Crippen molar-refractivity contribution in [1.82, 2.24) is 9.21 Å². The molecule has 0 radical (unpaired) electrons. The molecular weight excluding hydrogens is 378 g/mol. The van der Waals surface area contributed by atoms with Gasteiger partial charge in [0.15, 0.2) is 0 Å². The number of fused-ring (bicyclic) bond motifs is 1. The van der Waals surface area contributed by atoms with Crippen LogP contribution in [0.15, 0.2) is 23.1 Å². The molecule has 1 aliphatic heterocycles. The zero-order valence-electron chi connectivity index (χ0n) is 17.0. The Labute approximate surface area is 168 Å². The van der Waals surface area contributed by atoms with Crippen molar-refractivity contribution in [3.8, 4) is 5.75 Å². The van der Waals surface area contributed by atoms with Gasteiger partial charge < -0.3 is 10.1 Å². The maximum atomic E-state index is 12.7. The molecule has 1 saturated heterocycles. The van der Waals surface area contributed by atoms with Crippen molar-refractivity contribution in [2.75, 3.05) is 39.6 Å². The van der Waals surface area contributed by atoms with E-state index in [0.29, 0.717) is 29.9 Å². The van der Waals surface area contributed by atoms with Crippen molar-refractivity contribution in [2.45, 2.75) is 49.5 Å². The van der Waals surface area contributed by atoms with Gasteiger partial charge in [-0.1, -0.05) is 12.8 Å². The molecule has 0 spiro atoms. The van der Waals surface area contributed by atoms with Crippen LogP contribution in [0.1, 0.15) is 38.5 Å². The molecule has 1 amide bonds. The highest BCUT2D eigenvalue weighted by Crippen LogP contribution is 2.35. The Morgan fingerprint density at radius 3 is 2.64 bits per heavy atom. The van der Waals surface area contributed by atoms with E-state index in [2.05, 4.69) is 10.2 Å². The molecule has 1 heterocycles. The van der Waals surface area contributed by atoms with Gasteiger partial charge in [-0.2, -0.15) is 0 Å². The first-order chi connectivity index (χ1) is 13.3. The fraction of sp³-hybridized carbons (Fsp3) is 0.650. The van der Waals surface area contributed by atoms with Gasteiger partial charge in [0, 0.05) is 20.1 Å². The molecule has 3 rings (SSSR count). The summed E-state index contributed by atoms with van der Waals surface area (Å²) < 4.78 is 31.3. The van der Waals surface area contributed by atoms with E-state index in [0.717, 1.165) is 23.7 Å². The number of amides is 1. The van der Waals surface area contributed by atoms with Crippen molar-refractivity contribution in [3.63, 3.8) is 0 Å². The Morgan fingerprint density at radius 1 is 1.21 bits per heavy atom. The van der Waals surface area contributed by atoms with Gasteiger partial charge >= 0.3 is 0 Å². The number of hydrogen-bond donors (Lipinski definition) is 1. The highest BCUT2D eigenvalue weighted by atomic mass is 32.2. The number of benzene rings is 1. The lowest BCUT2D eigenvalue weighted by atomic mass is 9.78. The van der Waals surface area contributed by atoms with Crippen LogP contribution in [0.25, 0.3) is 0 Å². The van der Waals surface area contributed by atoms with Crippen molar-refractivity contribution >= 4 is 21.6 Å². The lowest BCUT2D eigenvalue weighted by Crippen LogP contribution is -2.49. The standard InChI is InChI=1S/C20H31N3O4S/c1-22(2)28(25,26)16-10-11-19(27-3)17(13-16)21-20(24)14-23-12-6-8-15-7-4-5-9-18(15)23/h10-11,13,15,18H,4-9,12,14H2,1-3H3,(H,21,24)/t15-,18-/m0/s1. The third-order valence-electron chi connectivity index (χ3n) is 5.93. The van der Waals surface area contributed by atoms with Crippen LogP contribution in [-0.4, -0.2) is 63.9 Å². The minimum atomic E-state index is -3.59. The van der Waals surface area contributed by atoms with Crippen molar-refractivity contribution in [1.29, 1.82) is 0 Å². The van der Waals surface area contributed by atoms with Crippen molar-refractivity contribution < 1.29 is 17.9 Å². The van der Waals surface area contributed by atoms with Crippen LogP contribution >= 0.6 is 0 Å². The van der Waals surface area contributed by atoms with Gasteiger partial charge in [0.2, 0.25) is 15.9 Å². The number of rotatable bonds is 6. The number of hydrogen-bond acceptors (Lipinski definition) is 5. The zero-order valence-corrected chi connectivity index (χ0v) is 17.8. The first-order valence-electron chi connectivity index (χ1n) is 9.97. The normalized spacial score (nSPS) is 23.3. The minimum absolute atomic E-state index is 0.124. The lowest BCUT2D eigenvalue weighted by molar-refractivity contribution is -0.119. The molecule has 1 N–H and O–H groups in total. The van der Waals surface area contributed by atoms with Crippen LogP contribution in [0.3, 0.4) is 0 Å². The predicted molar refractivity (Wildman–Crippen MR) is 109 cm³/mol. The van der Waals surface area contributed by atoms with E-state index in [1.807, 2.05) is 0 Å². The lowest BCUT2D eigenvalue weighted by Gasteiger charge is -2.43. The molecule has 0 unspecified atom stereocenters. The molecule has 0 bridgehead atoms. The molecular formula is C20H31N3O4S. The average molecular weight is 410 g/mol. The van der Waals surface area contributed by atoms with Crippen LogP contribution in [0.4, 0.5) is 5.69 Å². The largest absolute Gasteiger partial charge is 0.495 e. The van der Waals surface area contributed by atoms with E-state index < -0.39 is 10.0 Å². The third-order valence-corrected chi connectivity index (χ3v) is 7.74. The summed E-state index contributed by atoms with van der Waals surface area (Å²) in [5.74, 6) is 1.02. The second-order valence-electron chi connectivity index (χ2n) is 7.92. The van der Waals surface area contributed by atoms with E-state index >= 15 is 0 Å². The number of piperidine rings is 1. The number of carbonyl (C=O) groups is 1. The van der Waals surface area contributed by atoms with Gasteiger partial charge in [-0.3, -0.25) is 9.69 Å². The van der Waals surface area contributed by atoms with Gasteiger partial charge in [-0.25, -0.2) is 12.7 Å². The summed E-state index contributed by atoms with van der Waals surface area (Å²) in [5.41, 5.74) is 0.382. The summed E-state index contributed by atoms with van der Waals surface area (Å²) >= 11 is 0. The van der Waals surface area contributed by atoms with E-state index in [9.17, 15) is 13.2 Å². The maximum Gasteiger partial charge on any atom is 0.242 e. The van der Waals surface area contributed by atoms with Crippen molar-refractivity contribution in [2.24, 2.45) is 5.92 Å². The molecule has 2 aliphatic rings. The summed E-state index contributed by atoms with van der Waals surface area (Å²) in [6.45, 7) is 1.27. The summed E-state index contributed by atoms with van der Waals surface area (Å²) in [6.07, 6.45) is 7.36. The van der Waals surface area contributed by atoms with Crippen molar-refractivity contribution in [3.05, 3.63) is 18.2 Å². The number of carbonyl (C=O) groups excluding carboxylic acids is 1. The van der Waals surface area contributed by atoms with Crippen LogP contribution in [0, 0.1) is 5.92 Å². The number of ether oxygens (including phenoxy) is 1. The summed E-state index contributed by atoms with van der Waals surface area (Å²) in [5, 5.41) is 2.87. The molecule has 1 aromatic carbocycles. The third kappa shape index (κ3) is 4.50. The quantitative estimate of drug-likeness (QED) is 0.781. The van der Waals surface area contributed by atoms with E-state index in [4.69, 9.17) is 4.74 Å². The maximum absolute atomic E-state index is 12.7. The second-order valence-corrected chi connectivity index (χ2v) is 10.1. The molecule has 1 aromatic rings. The van der Waals surface area contributed by atoms with Gasteiger partial charge in [0.05, 0.1) is 24.2 Å². The average Bonchev–Trinajstić information content (AvgIpc) is 2.68. The molecule has 2 atom stereocenters. The summed E-state index contributed by atoms with van der Waals surface area (Å²) in [4.78, 5) is 15.2. The van der Waals surface area contributed by atoms with Gasteiger partial charge in [-0.15, -0.1) is 0 Å². The minimum Gasteiger partial charge on any atom is -0.495 e.